The van der Waals surface area contributed by atoms with E-state index in [4.69, 9.17) is 11.6 Å². The predicted octanol–water partition coefficient (Wildman–Crippen LogP) is 3.82. The van der Waals surface area contributed by atoms with Crippen LogP contribution < -0.4 is 15.0 Å². The molecular formula is C18H16ClF2N3O3. The van der Waals surface area contributed by atoms with Crippen LogP contribution in [0.1, 0.15) is 0 Å². The number of anilines is 2. The van der Waals surface area contributed by atoms with Gasteiger partial charge < -0.3 is 15.0 Å². The Labute approximate surface area is 159 Å². The zero-order valence-corrected chi connectivity index (χ0v) is 14.8. The summed E-state index contributed by atoms with van der Waals surface area (Å²) in [7, 11) is 0. The second-order valence-corrected chi connectivity index (χ2v) is 6.22. The average molecular weight is 396 g/mol. The molecular weight excluding hydrogens is 380 g/mol. The first-order valence-electron chi connectivity index (χ1n) is 8.09. The third kappa shape index (κ3) is 4.85. The SMILES string of the molecule is O=C(CN1CCN(c2ccc(Cl)cc2)C1=O)Nc1cccc(OC(F)F)c1. The third-order valence-corrected chi connectivity index (χ3v) is 4.16. The highest BCUT2D eigenvalue weighted by atomic mass is 35.5. The van der Waals surface area contributed by atoms with E-state index in [0.29, 0.717) is 29.5 Å². The Bertz CT molecular complexity index is 833. The molecule has 0 radical (unpaired) electrons. The molecule has 0 bridgehead atoms. The van der Waals surface area contributed by atoms with Crippen molar-refractivity contribution >= 4 is 34.9 Å². The van der Waals surface area contributed by atoms with Crippen LogP contribution in [-0.2, 0) is 4.79 Å². The Morgan fingerprint density at radius 1 is 1.19 bits per heavy atom. The number of alkyl halides is 2. The lowest BCUT2D eigenvalue weighted by Crippen LogP contribution is -2.37. The third-order valence-electron chi connectivity index (χ3n) is 3.91. The summed E-state index contributed by atoms with van der Waals surface area (Å²) in [5, 5.41) is 3.14. The summed E-state index contributed by atoms with van der Waals surface area (Å²) in [4.78, 5) is 27.7. The Morgan fingerprint density at radius 3 is 2.63 bits per heavy atom. The van der Waals surface area contributed by atoms with Gasteiger partial charge in [0.1, 0.15) is 12.3 Å². The van der Waals surface area contributed by atoms with Gasteiger partial charge in [-0.15, -0.1) is 0 Å². The lowest BCUT2D eigenvalue weighted by molar-refractivity contribution is -0.116. The van der Waals surface area contributed by atoms with Crippen LogP contribution in [0, 0.1) is 0 Å². The average Bonchev–Trinajstić information content (AvgIpc) is 2.96. The summed E-state index contributed by atoms with van der Waals surface area (Å²) in [5.41, 5.74) is 1.00. The number of hydrogen-bond donors (Lipinski definition) is 1. The summed E-state index contributed by atoms with van der Waals surface area (Å²) in [5.74, 6) is -0.496. The molecule has 1 fully saturated rings. The maximum Gasteiger partial charge on any atom is 0.387 e. The van der Waals surface area contributed by atoms with Gasteiger partial charge in [0.05, 0.1) is 0 Å². The molecule has 0 spiro atoms. The van der Waals surface area contributed by atoms with Crippen LogP contribution in [0.25, 0.3) is 0 Å². The van der Waals surface area contributed by atoms with Gasteiger partial charge in [-0.25, -0.2) is 4.79 Å². The van der Waals surface area contributed by atoms with Gasteiger partial charge in [0.15, 0.2) is 0 Å². The molecule has 1 heterocycles. The minimum absolute atomic E-state index is 0.0611. The smallest absolute Gasteiger partial charge is 0.387 e. The second kappa shape index (κ2) is 8.22. The van der Waals surface area contributed by atoms with Crippen LogP contribution in [0.3, 0.4) is 0 Å². The highest BCUT2D eigenvalue weighted by Gasteiger charge is 2.30. The standard InChI is InChI=1S/C18H16ClF2N3O3/c19-12-4-6-14(7-5-12)24-9-8-23(18(24)26)11-16(25)22-13-2-1-3-15(10-13)27-17(20)21/h1-7,10,17H,8-9,11H2,(H,22,25). The molecule has 0 atom stereocenters. The van der Waals surface area contributed by atoms with Crippen LogP contribution in [0.5, 0.6) is 5.75 Å². The first kappa shape index (κ1) is 18.9. The van der Waals surface area contributed by atoms with Crippen molar-refractivity contribution in [3.63, 3.8) is 0 Å². The Kier molecular flexibility index (Phi) is 5.75. The molecule has 9 heteroatoms. The van der Waals surface area contributed by atoms with E-state index in [1.807, 2.05) is 0 Å². The second-order valence-electron chi connectivity index (χ2n) is 5.79. The minimum Gasteiger partial charge on any atom is -0.435 e. The number of benzene rings is 2. The molecule has 0 saturated carbocycles. The van der Waals surface area contributed by atoms with Gasteiger partial charge in [0.2, 0.25) is 5.91 Å². The molecule has 142 valence electrons. The van der Waals surface area contributed by atoms with Gasteiger partial charge in [-0.1, -0.05) is 17.7 Å². The van der Waals surface area contributed by atoms with Crippen LogP contribution in [0.2, 0.25) is 5.02 Å². The van der Waals surface area contributed by atoms with Crippen LogP contribution in [0.4, 0.5) is 25.0 Å². The van der Waals surface area contributed by atoms with Crippen molar-refractivity contribution in [2.45, 2.75) is 6.61 Å². The van der Waals surface area contributed by atoms with Gasteiger partial charge in [-0.3, -0.25) is 9.69 Å². The van der Waals surface area contributed by atoms with Crippen LogP contribution >= 0.6 is 11.6 Å². The zero-order chi connectivity index (χ0) is 19.4. The normalized spacial score (nSPS) is 14.0. The molecule has 1 N–H and O–H groups in total. The summed E-state index contributed by atoms with van der Waals surface area (Å²) in [6, 6.07) is 12.2. The number of nitrogens with one attached hydrogen (secondary N) is 1. The van der Waals surface area contributed by atoms with E-state index in [1.165, 1.54) is 23.1 Å². The van der Waals surface area contributed by atoms with Gasteiger partial charge in [-0.05, 0) is 36.4 Å². The minimum atomic E-state index is -2.95. The first-order valence-corrected chi connectivity index (χ1v) is 8.47. The van der Waals surface area contributed by atoms with Crippen molar-refractivity contribution < 1.29 is 23.1 Å². The lowest BCUT2D eigenvalue weighted by atomic mass is 10.3. The van der Waals surface area contributed by atoms with E-state index in [-0.39, 0.29) is 18.3 Å². The Morgan fingerprint density at radius 2 is 1.93 bits per heavy atom. The fraction of sp³-hybridized carbons (Fsp3) is 0.222. The zero-order valence-electron chi connectivity index (χ0n) is 14.1. The molecule has 27 heavy (non-hydrogen) atoms. The van der Waals surface area contributed by atoms with Crippen molar-refractivity contribution in [3.05, 3.63) is 53.6 Å². The summed E-state index contributed by atoms with van der Waals surface area (Å²) < 4.78 is 28.8. The fourth-order valence-electron chi connectivity index (χ4n) is 2.71. The number of carbonyl (C=O) groups is 2. The van der Waals surface area contributed by atoms with Crippen LogP contribution in [0.15, 0.2) is 48.5 Å². The number of nitrogens with zero attached hydrogens (tertiary/aromatic N) is 2. The predicted molar refractivity (Wildman–Crippen MR) is 97.5 cm³/mol. The van der Waals surface area contributed by atoms with E-state index in [1.54, 1.807) is 35.2 Å². The van der Waals surface area contributed by atoms with E-state index in [9.17, 15) is 18.4 Å². The molecule has 0 aliphatic carbocycles. The van der Waals surface area contributed by atoms with Crippen LogP contribution in [-0.4, -0.2) is 43.1 Å². The molecule has 3 amide bonds. The molecule has 3 rings (SSSR count). The molecule has 2 aromatic carbocycles. The summed E-state index contributed by atoms with van der Waals surface area (Å²) in [6.45, 7) is -2.26. The topological polar surface area (TPSA) is 61.9 Å². The van der Waals surface area contributed by atoms with Crippen molar-refractivity contribution in [1.82, 2.24) is 4.90 Å². The molecule has 1 aliphatic heterocycles. The highest BCUT2D eigenvalue weighted by Crippen LogP contribution is 2.23. The number of rotatable bonds is 6. The van der Waals surface area contributed by atoms with Crippen molar-refractivity contribution in [2.75, 3.05) is 29.9 Å². The molecule has 1 aliphatic rings. The monoisotopic (exact) mass is 395 g/mol. The number of hydrogen-bond acceptors (Lipinski definition) is 3. The van der Waals surface area contributed by atoms with Crippen molar-refractivity contribution in [2.24, 2.45) is 0 Å². The maximum atomic E-state index is 12.5. The molecule has 6 nitrogen and oxygen atoms in total. The maximum absolute atomic E-state index is 12.5. The van der Waals surface area contributed by atoms with Gasteiger partial charge in [0.25, 0.3) is 0 Å². The highest BCUT2D eigenvalue weighted by molar-refractivity contribution is 6.30. The Hall–Kier alpha value is -2.87. The van der Waals surface area contributed by atoms with Gasteiger partial charge in [-0.2, -0.15) is 8.78 Å². The molecule has 1 saturated heterocycles. The molecule has 0 aromatic heterocycles. The van der Waals surface area contributed by atoms with Gasteiger partial charge in [0, 0.05) is 35.6 Å². The first-order chi connectivity index (χ1) is 12.9. The Balaban J connectivity index is 1.58. The largest absolute Gasteiger partial charge is 0.435 e. The summed E-state index contributed by atoms with van der Waals surface area (Å²) >= 11 is 5.85. The molecule has 2 aromatic rings. The number of halogens is 3. The molecule has 0 unspecified atom stereocenters. The number of carbonyl (C=O) groups excluding carboxylic acids is 2. The van der Waals surface area contributed by atoms with E-state index < -0.39 is 12.5 Å². The quantitative estimate of drug-likeness (QED) is 0.808. The number of amides is 3. The number of urea groups is 1. The number of ether oxygens (including phenoxy) is 1. The van der Waals surface area contributed by atoms with E-state index in [0.717, 1.165) is 0 Å². The van der Waals surface area contributed by atoms with Crippen molar-refractivity contribution in [3.8, 4) is 5.75 Å². The van der Waals surface area contributed by atoms with Gasteiger partial charge >= 0.3 is 12.6 Å². The van der Waals surface area contributed by atoms with Crippen molar-refractivity contribution in [1.29, 1.82) is 0 Å². The van der Waals surface area contributed by atoms with E-state index >= 15 is 0 Å². The lowest BCUT2D eigenvalue weighted by Gasteiger charge is -2.18. The fourth-order valence-corrected chi connectivity index (χ4v) is 2.84. The summed E-state index contributed by atoms with van der Waals surface area (Å²) in [6.07, 6.45) is 0. The van der Waals surface area contributed by atoms with E-state index in [2.05, 4.69) is 10.1 Å².